The van der Waals surface area contributed by atoms with Crippen molar-refractivity contribution in [2.45, 2.75) is 44.2 Å². The molecule has 1 aliphatic rings. The summed E-state index contributed by atoms with van der Waals surface area (Å²) >= 11 is 0. The molecule has 2 aromatic carbocycles. The van der Waals surface area contributed by atoms with Crippen LogP contribution in [0, 0.1) is 0 Å². The molecular weight excluding hydrogens is 458 g/mol. The standard InChI is InChI=1S/C24H29N3O6S/c1-4-13-25-23(29)20(5-2)26(15-17-9-8-10-18(14-17)33-3)22(28)16-27-24(30)19-11-6-7-12-21(19)34(27,31)32/h6-12,14,20H,4-5,13,15-16H2,1-3H3,(H,25,29). The van der Waals surface area contributed by atoms with Crippen LogP contribution in [0.2, 0.25) is 0 Å². The van der Waals surface area contributed by atoms with Gasteiger partial charge in [0.1, 0.15) is 23.2 Å². The van der Waals surface area contributed by atoms with Crippen molar-refractivity contribution in [2.75, 3.05) is 20.2 Å². The van der Waals surface area contributed by atoms with Gasteiger partial charge < -0.3 is 15.0 Å². The summed E-state index contributed by atoms with van der Waals surface area (Å²) in [4.78, 5) is 40.4. The molecule has 3 amide bonds. The number of carbonyl (C=O) groups is 3. The summed E-state index contributed by atoms with van der Waals surface area (Å²) in [6.07, 6.45) is 1.04. The molecule has 34 heavy (non-hydrogen) atoms. The summed E-state index contributed by atoms with van der Waals surface area (Å²) < 4.78 is 31.7. The van der Waals surface area contributed by atoms with Crippen LogP contribution in [0.3, 0.4) is 0 Å². The minimum absolute atomic E-state index is 0.0300. The number of hydrogen-bond donors (Lipinski definition) is 1. The molecule has 1 N–H and O–H groups in total. The van der Waals surface area contributed by atoms with Crippen LogP contribution in [0.1, 0.15) is 42.6 Å². The van der Waals surface area contributed by atoms with Crippen molar-refractivity contribution < 1.29 is 27.5 Å². The number of nitrogens with zero attached hydrogens (tertiary/aromatic N) is 2. The lowest BCUT2D eigenvalue weighted by molar-refractivity contribution is -0.141. The lowest BCUT2D eigenvalue weighted by Crippen LogP contribution is -2.52. The van der Waals surface area contributed by atoms with Gasteiger partial charge in [-0.05, 0) is 42.7 Å². The van der Waals surface area contributed by atoms with Crippen LogP contribution in [0.5, 0.6) is 5.75 Å². The first-order chi connectivity index (χ1) is 16.2. The number of carbonyl (C=O) groups excluding carboxylic acids is 3. The molecule has 0 spiro atoms. The first-order valence-electron chi connectivity index (χ1n) is 11.1. The third-order valence-corrected chi connectivity index (χ3v) is 7.40. The molecule has 0 fully saturated rings. The Bertz CT molecular complexity index is 1180. The lowest BCUT2D eigenvalue weighted by atomic mass is 10.1. The predicted octanol–water partition coefficient (Wildman–Crippen LogP) is 2.17. The molecule has 0 aliphatic carbocycles. The fourth-order valence-corrected chi connectivity index (χ4v) is 5.37. The highest BCUT2D eigenvalue weighted by atomic mass is 32.2. The maximum Gasteiger partial charge on any atom is 0.269 e. The van der Waals surface area contributed by atoms with Gasteiger partial charge >= 0.3 is 0 Å². The van der Waals surface area contributed by atoms with E-state index in [9.17, 15) is 22.8 Å². The Hall–Kier alpha value is -3.40. The number of rotatable bonds is 10. The van der Waals surface area contributed by atoms with E-state index >= 15 is 0 Å². The highest BCUT2D eigenvalue weighted by Gasteiger charge is 2.43. The monoisotopic (exact) mass is 487 g/mol. The van der Waals surface area contributed by atoms with Crippen LogP contribution < -0.4 is 10.1 Å². The summed E-state index contributed by atoms with van der Waals surface area (Å²) in [5.41, 5.74) is 0.732. The van der Waals surface area contributed by atoms with Crippen molar-refractivity contribution in [2.24, 2.45) is 0 Å². The smallest absolute Gasteiger partial charge is 0.269 e. The summed E-state index contributed by atoms with van der Waals surface area (Å²) in [5, 5.41) is 2.80. The van der Waals surface area contributed by atoms with Gasteiger partial charge in [0.15, 0.2) is 0 Å². The van der Waals surface area contributed by atoms with E-state index in [0.717, 1.165) is 6.42 Å². The van der Waals surface area contributed by atoms with Gasteiger partial charge in [0, 0.05) is 13.1 Å². The first kappa shape index (κ1) is 25.2. The highest BCUT2D eigenvalue weighted by molar-refractivity contribution is 7.90. The largest absolute Gasteiger partial charge is 0.497 e. The lowest BCUT2D eigenvalue weighted by Gasteiger charge is -2.31. The summed E-state index contributed by atoms with van der Waals surface area (Å²) in [6, 6.07) is 12.1. The minimum Gasteiger partial charge on any atom is -0.497 e. The van der Waals surface area contributed by atoms with Gasteiger partial charge in [-0.3, -0.25) is 14.4 Å². The van der Waals surface area contributed by atoms with E-state index in [-0.39, 0.29) is 22.9 Å². The maximum atomic E-state index is 13.5. The zero-order valence-electron chi connectivity index (χ0n) is 19.5. The average Bonchev–Trinajstić information content (AvgIpc) is 3.03. The molecule has 1 unspecified atom stereocenters. The minimum atomic E-state index is -4.16. The highest BCUT2D eigenvalue weighted by Crippen LogP contribution is 2.30. The Labute approximate surface area is 199 Å². The molecule has 0 aromatic heterocycles. The summed E-state index contributed by atoms with van der Waals surface area (Å²) in [6.45, 7) is 3.49. The molecule has 1 aliphatic heterocycles. The summed E-state index contributed by atoms with van der Waals surface area (Å²) in [7, 11) is -2.63. The SMILES string of the molecule is CCCNC(=O)C(CC)N(Cc1cccc(OC)c1)C(=O)CN1C(=O)c2ccccc2S1(=O)=O. The maximum absolute atomic E-state index is 13.5. The first-order valence-corrected chi connectivity index (χ1v) is 12.5. The van der Waals surface area contributed by atoms with Crippen molar-refractivity contribution >= 4 is 27.7 Å². The van der Waals surface area contributed by atoms with Gasteiger partial charge in [-0.1, -0.05) is 38.1 Å². The fraction of sp³-hybridized carbons (Fsp3) is 0.375. The topological polar surface area (TPSA) is 113 Å². The van der Waals surface area contributed by atoms with Gasteiger partial charge in [-0.2, -0.15) is 0 Å². The van der Waals surface area contributed by atoms with Crippen molar-refractivity contribution in [3.8, 4) is 5.75 Å². The van der Waals surface area contributed by atoms with Gasteiger partial charge in [0.2, 0.25) is 11.8 Å². The number of hydrogen-bond acceptors (Lipinski definition) is 6. The third-order valence-electron chi connectivity index (χ3n) is 5.61. The van der Waals surface area contributed by atoms with Crippen LogP contribution in [-0.2, 0) is 26.2 Å². The molecule has 2 aromatic rings. The molecule has 9 nitrogen and oxygen atoms in total. The third kappa shape index (κ3) is 5.06. The number of amides is 3. The molecule has 0 saturated heterocycles. The molecule has 0 radical (unpaired) electrons. The second-order valence-electron chi connectivity index (χ2n) is 7.90. The second-order valence-corrected chi connectivity index (χ2v) is 9.73. The Morgan fingerprint density at radius 2 is 1.85 bits per heavy atom. The zero-order valence-corrected chi connectivity index (χ0v) is 20.3. The van der Waals surface area contributed by atoms with Crippen LogP contribution in [0.4, 0.5) is 0 Å². The molecule has 0 saturated carbocycles. The molecule has 1 heterocycles. The van der Waals surface area contributed by atoms with Crippen LogP contribution >= 0.6 is 0 Å². The van der Waals surface area contributed by atoms with Crippen LogP contribution in [-0.4, -0.2) is 61.6 Å². The zero-order chi connectivity index (χ0) is 24.9. The van der Waals surface area contributed by atoms with Crippen LogP contribution in [0.25, 0.3) is 0 Å². The molecule has 3 rings (SSSR count). The van der Waals surface area contributed by atoms with E-state index in [0.29, 0.717) is 28.6 Å². The van der Waals surface area contributed by atoms with Crippen LogP contribution in [0.15, 0.2) is 53.4 Å². The Morgan fingerprint density at radius 1 is 1.12 bits per heavy atom. The van der Waals surface area contributed by atoms with Gasteiger partial charge in [0.25, 0.3) is 15.9 Å². The van der Waals surface area contributed by atoms with Crippen molar-refractivity contribution in [1.82, 2.24) is 14.5 Å². The number of sulfonamides is 1. The quantitative estimate of drug-likeness (QED) is 0.550. The van der Waals surface area contributed by atoms with E-state index in [1.165, 1.54) is 30.2 Å². The number of methoxy groups -OCH3 is 1. The summed E-state index contributed by atoms with van der Waals surface area (Å²) in [5.74, 6) is -1.15. The predicted molar refractivity (Wildman–Crippen MR) is 126 cm³/mol. The van der Waals surface area contributed by atoms with Gasteiger partial charge in [0.05, 0.1) is 12.7 Å². The van der Waals surface area contributed by atoms with E-state index < -0.39 is 34.4 Å². The molecule has 182 valence electrons. The number of ether oxygens (including phenoxy) is 1. The van der Waals surface area contributed by atoms with E-state index in [2.05, 4.69) is 5.32 Å². The molecule has 1 atom stereocenters. The average molecular weight is 488 g/mol. The van der Waals surface area contributed by atoms with Crippen molar-refractivity contribution in [1.29, 1.82) is 0 Å². The Morgan fingerprint density at radius 3 is 2.50 bits per heavy atom. The number of fused-ring (bicyclic) bond motifs is 1. The molecular formula is C24H29N3O6S. The van der Waals surface area contributed by atoms with Gasteiger partial charge in [-0.25, -0.2) is 12.7 Å². The fourth-order valence-electron chi connectivity index (χ4n) is 3.85. The van der Waals surface area contributed by atoms with Crippen molar-refractivity contribution in [3.63, 3.8) is 0 Å². The molecule has 0 bridgehead atoms. The van der Waals surface area contributed by atoms with E-state index in [4.69, 9.17) is 4.74 Å². The molecule has 10 heteroatoms. The number of benzene rings is 2. The van der Waals surface area contributed by atoms with E-state index in [1.54, 1.807) is 37.3 Å². The number of nitrogens with one attached hydrogen (secondary N) is 1. The normalized spacial score (nSPS) is 14.9. The Kier molecular flexibility index (Phi) is 7.93. The second kappa shape index (κ2) is 10.7. The van der Waals surface area contributed by atoms with Crippen molar-refractivity contribution in [3.05, 3.63) is 59.7 Å². The van der Waals surface area contributed by atoms with Gasteiger partial charge in [-0.15, -0.1) is 0 Å². The Balaban J connectivity index is 1.92. The van der Waals surface area contributed by atoms with E-state index in [1.807, 2.05) is 6.92 Å².